The van der Waals surface area contributed by atoms with Gasteiger partial charge in [-0.05, 0) is 0 Å². The fourth-order valence-corrected chi connectivity index (χ4v) is 24.0. The molecule has 0 N–H and O–H groups in total. The third-order valence-corrected chi connectivity index (χ3v) is 30.5. The zero-order valence-corrected chi connectivity index (χ0v) is 29.2. The Labute approximate surface area is 222 Å². The second-order valence-electron chi connectivity index (χ2n) is 12.7. The first kappa shape index (κ1) is 34.6. The molecule has 0 rings (SSSR count). The van der Waals surface area contributed by atoms with Gasteiger partial charge < -0.3 is 0 Å². The van der Waals surface area contributed by atoms with Gasteiger partial charge in [0.05, 0.1) is 0 Å². The van der Waals surface area contributed by atoms with Crippen molar-refractivity contribution in [2.75, 3.05) is 0 Å². The Balaban J connectivity index is 5.50. The summed E-state index contributed by atoms with van der Waals surface area (Å²) < 4.78 is 12.3. The minimum absolute atomic E-state index is 0.275. The van der Waals surface area contributed by atoms with E-state index in [0.29, 0.717) is 0 Å². The Bertz CT molecular complexity index is 472. The van der Waals surface area contributed by atoms with E-state index in [2.05, 4.69) is 73.9 Å². The van der Waals surface area contributed by atoms with Crippen molar-refractivity contribution in [3.05, 3.63) is 12.3 Å². The topological polar surface area (TPSA) is 9.23 Å². The van der Waals surface area contributed by atoms with Crippen LogP contribution >= 0.6 is 0 Å². The molecule has 0 aliphatic carbocycles. The molecule has 0 aliphatic rings. The van der Waals surface area contributed by atoms with E-state index in [1.807, 2.05) is 0 Å². The second kappa shape index (κ2) is 19.6. The molecule has 0 aromatic carbocycles. The number of hydrogen-bond donors (Lipinski definition) is 0. The molecular formula is C31H66OSiSn. The molecule has 0 fully saturated rings. The van der Waals surface area contributed by atoms with Crippen molar-refractivity contribution in [2.24, 2.45) is 0 Å². The number of unbranched alkanes of at least 4 members (excludes halogenated alkanes) is 10. The molecule has 0 amide bonds. The predicted molar refractivity (Wildman–Crippen MR) is 163 cm³/mol. The Morgan fingerprint density at radius 2 is 1.06 bits per heavy atom. The first-order chi connectivity index (χ1) is 16.1. The van der Waals surface area contributed by atoms with Gasteiger partial charge in [-0.15, -0.1) is 0 Å². The Hall–Kier alpha value is 0.556. The van der Waals surface area contributed by atoms with Crippen LogP contribution in [0.15, 0.2) is 12.3 Å². The summed E-state index contributed by atoms with van der Waals surface area (Å²) >= 11 is -2.31. The van der Waals surface area contributed by atoms with Gasteiger partial charge in [0.2, 0.25) is 0 Å². The fourth-order valence-electron chi connectivity index (χ4n) is 5.10. The van der Waals surface area contributed by atoms with Crippen molar-refractivity contribution in [1.82, 2.24) is 0 Å². The number of allylic oxidation sites excluding steroid dienone is 1. The number of hydrogen-bond acceptors (Lipinski definition) is 1. The van der Waals surface area contributed by atoms with Crippen molar-refractivity contribution in [3.63, 3.8) is 0 Å². The van der Waals surface area contributed by atoms with Crippen LogP contribution in [-0.2, 0) is 4.43 Å². The molecule has 0 radical (unpaired) electrons. The second-order valence-corrected chi connectivity index (χ2v) is 31.7. The summed E-state index contributed by atoms with van der Waals surface area (Å²) in [6, 6.07) is 0. The van der Waals surface area contributed by atoms with Crippen molar-refractivity contribution in [1.29, 1.82) is 0 Å². The third-order valence-electron chi connectivity index (χ3n) is 8.72. The fraction of sp³-hybridized carbons (Fsp3) is 0.935. The first-order valence-corrected chi connectivity index (χ1v) is 26.1. The molecule has 0 aliphatic heterocycles. The van der Waals surface area contributed by atoms with Gasteiger partial charge in [0.1, 0.15) is 0 Å². The van der Waals surface area contributed by atoms with Crippen LogP contribution in [0.4, 0.5) is 0 Å². The Morgan fingerprint density at radius 3 is 1.47 bits per heavy atom. The van der Waals surface area contributed by atoms with Crippen molar-refractivity contribution < 1.29 is 4.43 Å². The van der Waals surface area contributed by atoms with E-state index in [4.69, 9.17) is 4.43 Å². The van der Waals surface area contributed by atoms with Crippen molar-refractivity contribution in [3.8, 4) is 0 Å². The molecule has 1 nitrogen and oxygen atoms in total. The van der Waals surface area contributed by atoms with Gasteiger partial charge >= 0.3 is 224 Å². The minimum atomic E-state index is -2.31. The van der Waals surface area contributed by atoms with Gasteiger partial charge in [-0.1, -0.05) is 0 Å². The molecule has 0 spiro atoms. The van der Waals surface area contributed by atoms with E-state index in [-0.39, 0.29) is 5.04 Å². The zero-order valence-electron chi connectivity index (χ0n) is 25.4. The summed E-state index contributed by atoms with van der Waals surface area (Å²) in [5.41, 5.74) is 0. The molecule has 1 atom stereocenters. The summed E-state index contributed by atoms with van der Waals surface area (Å²) in [4.78, 5) is 0. The summed E-state index contributed by atoms with van der Waals surface area (Å²) in [7, 11) is -1.73. The molecule has 0 unspecified atom stereocenters. The van der Waals surface area contributed by atoms with Crippen LogP contribution in [0.2, 0.25) is 35.4 Å². The van der Waals surface area contributed by atoms with Gasteiger partial charge in [0.15, 0.2) is 0 Å². The van der Waals surface area contributed by atoms with E-state index in [9.17, 15) is 0 Å². The van der Waals surface area contributed by atoms with Crippen LogP contribution < -0.4 is 0 Å². The van der Waals surface area contributed by atoms with Gasteiger partial charge in [0, 0.05) is 0 Å². The number of rotatable bonds is 22. The van der Waals surface area contributed by atoms with Crippen LogP contribution in [0.3, 0.4) is 0 Å². The zero-order chi connectivity index (χ0) is 25.9. The van der Waals surface area contributed by atoms with Crippen LogP contribution in [-0.4, -0.2) is 26.7 Å². The summed E-state index contributed by atoms with van der Waals surface area (Å²) in [5, 5.41) is 0.275. The van der Waals surface area contributed by atoms with Gasteiger partial charge in [0.25, 0.3) is 0 Å². The molecule has 0 saturated carbocycles. The Morgan fingerprint density at radius 1 is 0.647 bits per heavy atom. The van der Waals surface area contributed by atoms with Gasteiger partial charge in [-0.2, -0.15) is 0 Å². The van der Waals surface area contributed by atoms with E-state index in [0.717, 1.165) is 3.93 Å². The summed E-state index contributed by atoms with van der Waals surface area (Å²) in [6.07, 6.45) is 26.2. The first-order valence-electron chi connectivity index (χ1n) is 15.4. The molecular weight excluding hydrogens is 535 g/mol. The van der Waals surface area contributed by atoms with Gasteiger partial charge in [-0.3, -0.25) is 0 Å². The quantitative estimate of drug-likeness (QED) is 0.0681. The monoisotopic (exact) mass is 602 g/mol. The molecule has 0 heterocycles. The molecule has 3 heteroatoms. The normalized spacial score (nSPS) is 14.1. The third kappa shape index (κ3) is 14.3. The molecule has 0 saturated heterocycles. The molecule has 0 aromatic rings. The average molecular weight is 602 g/mol. The Kier molecular flexibility index (Phi) is 20.0. The molecule has 204 valence electrons. The van der Waals surface area contributed by atoms with Crippen LogP contribution in [0.5, 0.6) is 0 Å². The van der Waals surface area contributed by atoms with Crippen molar-refractivity contribution >= 4 is 26.7 Å². The predicted octanol–water partition coefficient (Wildman–Crippen LogP) is 12.3. The van der Waals surface area contributed by atoms with Crippen molar-refractivity contribution in [2.45, 2.75) is 180 Å². The van der Waals surface area contributed by atoms with E-state index >= 15 is 0 Å². The summed E-state index contributed by atoms with van der Waals surface area (Å²) in [5.74, 6) is 0. The van der Waals surface area contributed by atoms with E-state index in [1.54, 1.807) is 13.3 Å². The maximum atomic E-state index is 6.61. The standard InChI is InChI=1S/C19H39OSi.3C4H9.Sn/c1-7-8-9-10-11-12-13-14-15-16-17-18-20-21(5,6)19(2,3)4;3*1-3-4-2;/h16-18H,7-15H2,1-6H3;3*1,3-4H2,2H3;. The van der Waals surface area contributed by atoms with Crippen LogP contribution in [0.1, 0.15) is 145 Å². The molecule has 34 heavy (non-hydrogen) atoms. The van der Waals surface area contributed by atoms with E-state index in [1.165, 1.54) is 96.3 Å². The average Bonchev–Trinajstić information content (AvgIpc) is 2.78. The van der Waals surface area contributed by atoms with Crippen LogP contribution in [0, 0.1) is 0 Å². The molecule has 0 bridgehead atoms. The maximum absolute atomic E-state index is 6.61. The summed E-state index contributed by atoms with van der Waals surface area (Å²) in [6.45, 7) is 21.4. The van der Waals surface area contributed by atoms with E-state index < -0.39 is 26.7 Å². The SMILES string of the molecule is CCCCCCCCCC[C@H](C=CO[Si](C)(C)C(C)(C)C)[Sn]([CH2]CCC)([CH2]CCC)[CH2]CCC. The van der Waals surface area contributed by atoms with Gasteiger partial charge in [-0.25, -0.2) is 0 Å². The molecule has 0 aromatic heterocycles. The van der Waals surface area contributed by atoms with Crippen LogP contribution in [0.25, 0.3) is 0 Å².